The molecule has 39 heteroatoms. The SMILES string of the molecule is C=CC(=O)OCCC[Si]1(C)OCc2cc([Si](Cl)(Cl)Cl)ccc2O1.C=CC(=O)OCCC[Si]1(C)OCc2cc([Si](OC(C)=O)(OC(C)=O)OC(C)=O)ccc2O1.C=CC(=O)OCCC[Si]1(C)OCc2cc([Si](OC)(OC)OC)ccc2O1.C=CC(=O)OCCC[Si]1(C)OCc2cc([Si](OCC)(OCC)OCC)ccc2O1. The summed E-state index contributed by atoms with van der Waals surface area (Å²) < 4.78 is 119. The summed E-state index contributed by atoms with van der Waals surface area (Å²) in [7, 11) is -15.0. The van der Waals surface area contributed by atoms with E-state index >= 15 is 0 Å². The summed E-state index contributed by atoms with van der Waals surface area (Å²) >= 11 is 18.1. The molecule has 0 radical (unpaired) electrons. The second kappa shape index (κ2) is 44.3. The van der Waals surface area contributed by atoms with Crippen LogP contribution in [-0.4, -0.2) is 176 Å². The highest BCUT2D eigenvalue weighted by Gasteiger charge is 2.56. The molecule has 4 atom stereocenters. The van der Waals surface area contributed by atoms with Crippen molar-refractivity contribution in [2.75, 3.05) is 67.6 Å². The largest absolute Gasteiger partial charge is 0.742 e. The fraction of sp³-hybridized carbons (Fsp3) is 0.451. The van der Waals surface area contributed by atoms with Crippen LogP contribution in [0, 0.1) is 0 Å². The van der Waals surface area contributed by atoms with Gasteiger partial charge in [-0.1, -0.05) is 50.6 Å². The minimum Gasteiger partial charge on any atom is -0.520 e. The van der Waals surface area contributed by atoms with Crippen molar-refractivity contribution in [1.82, 2.24) is 0 Å². The first-order chi connectivity index (χ1) is 52.0. The summed E-state index contributed by atoms with van der Waals surface area (Å²) in [6.45, 7) is 34.9. The Kier molecular flexibility index (Phi) is 37.9. The average molecular weight is 1730 g/mol. The van der Waals surface area contributed by atoms with Crippen LogP contribution in [0.2, 0.25) is 50.4 Å². The van der Waals surface area contributed by atoms with Crippen LogP contribution in [-0.2, 0) is 136 Å². The van der Waals surface area contributed by atoms with Crippen molar-refractivity contribution in [2.24, 2.45) is 0 Å². The second-order valence-corrected chi connectivity index (χ2v) is 54.4. The van der Waals surface area contributed by atoms with Gasteiger partial charge in [-0.2, -0.15) is 0 Å². The Bertz CT molecular complexity index is 3770. The van der Waals surface area contributed by atoms with Crippen LogP contribution in [0.3, 0.4) is 0 Å². The Labute approximate surface area is 666 Å². The molecule has 0 bridgehead atoms. The first kappa shape index (κ1) is 94.1. The molecule has 0 N–H and O–H groups in total. The molecule has 0 spiro atoms. The van der Waals surface area contributed by atoms with Gasteiger partial charge in [-0.25, -0.2) is 19.2 Å². The zero-order chi connectivity index (χ0) is 81.6. The Morgan fingerprint density at radius 2 is 0.627 bits per heavy atom. The lowest BCUT2D eigenvalue weighted by Crippen LogP contribution is -2.59. The summed E-state index contributed by atoms with van der Waals surface area (Å²) in [6.07, 6.45) is 7.18. The maximum atomic E-state index is 11.7. The van der Waals surface area contributed by atoms with E-state index in [0.717, 1.165) is 113 Å². The number of esters is 4. The molecule has 0 saturated carbocycles. The van der Waals surface area contributed by atoms with Crippen molar-refractivity contribution in [3.05, 3.63) is 146 Å². The summed E-state index contributed by atoms with van der Waals surface area (Å²) in [6, 6.07) is 21.8. The van der Waals surface area contributed by atoms with Crippen LogP contribution < -0.4 is 38.5 Å². The minimum atomic E-state index is -4.20. The molecular weight excluding hydrogens is 1630 g/mol. The highest BCUT2D eigenvalue weighted by Crippen LogP contribution is 2.37. The van der Waals surface area contributed by atoms with Gasteiger partial charge in [0.25, 0.3) is 17.9 Å². The molecule has 28 nitrogen and oxygen atoms in total. The van der Waals surface area contributed by atoms with E-state index in [0.29, 0.717) is 103 Å². The summed E-state index contributed by atoms with van der Waals surface area (Å²) in [5.41, 5.74) is 3.41. The quantitative estimate of drug-likeness (QED) is 0.0102. The molecular formula is C71H101Cl3O28Si8. The van der Waals surface area contributed by atoms with Gasteiger partial charge in [0.1, 0.15) is 23.0 Å². The average Bonchev–Trinajstić information content (AvgIpc) is 0.787. The van der Waals surface area contributed by atoms with E-state index in [1.165, 1.54) is 6.07 Å². The summed E-state index contributed by atoms with van der Waals surface area (Å²) in [5.74, 6) is -1.04. The van der Waals surface area contributed by atoms with Crippen LogP contribution in [0.1, 0.15) is 89.5 Å². The molecule has 0 aromatic heterocycles. The fourth-order valence-electron chi connectivity index (χ4n) is 11.2. The van der Waals surface area contributed by atoms with Crippen molar-refractivity contribution in [2.45, 2.75) is 144 Å². The molecule has 4 heterocycles. The highest BCUT2D eigenvalue weighted by molar-refractivity contribution is 7.69. The molecule has 4 aromatic rings. The lowest BCUT2D eigenvalue weighted by Gasteiger charge is -2.35. The van der Waals surface area contributed by atoms with Crippen LogP contribution in [0.15, 0.2) is 123 Å². The number of rotatable bonds is 36. The molecule has 606 valence electrons. The van der Waals surface area contributed by atoms with Gasteiger partial charge in [0, 0.05) is 143 Å². The maximum Gasteiger partial charge on any atom is 0.742 e. The van der Waals surface area contributed by atoms with Gasteiger partial charge in [0.05, 0.1) is 58.0 Å². The van der Waals surface area contributed by atoms with Gasteiger partial charge in [0.15, 0.2) is 0 Å². The monoisotopic (exact) mass is 1730 g/mol. The summed E-state index contributed by atoms with van der Waals surface area (Å²) in [5, 5.41) is 2.73. The van der Waals surface area contributed by atoms with Crippen molar-refractivity contribution in [3.63, 3.8) is 0 Å². The van der Waals surface area contributed by atoms with Crippen LogP contribution in [0.25, 0.3) is 0 Å². The van der Waals surface area contributed by atoms with Gasteiger partial charge < -0.3 is 94.2 Å². The predicted octanol–water partition coefficient (Wildman–Crippen LogP) is 10.2. The first-order valence-corrected chi connectivity index (χ1v) is 55.6. The van der Waals surface area contributed by atoms with Gasteiger partial charge >= 0.3 is 90.5 Å². The molecule has 4 aliphatic heterocycles. The second-order valence-electron chi connectivity index (χ2n) is 25.1. The van der Waals surface area contributed by atoms with E-state index in [1.54, 1.807) is 39.5 Å². The van der Waals surface area contributed by atoms with Crippen LogP contribution >= 0.6 is 33.2 Å². The van der Waals surface area contributed by atoms with E-state index < -0.39 is 108 Å². The molecule has 4 unspecified atom stereocenters. The lowest BCUT2D eigenvalue weighted by atomic mass is 10.2. The maximum absolute atomic E-state index is 11.7. The molecule has 0 fully saturated rings. The molecule has 4 aliphatic rings. The normalized spacial score (nSPS) is 18.8. The fourth-order valence-corrected chi connectivity index (χ4v) is 28.4. The number of carbonyl (C=O) groups is 7. The van der Waals surface area contributed by atoms with Gasteiger partial charge in [0.2, 0.25) is 0 Å². The Balaban J connectivity index is 0.000000264. The van der Waals surface area contributed by atoms with Gasteiger partial charge in [-0.3, -0.25) is 14.4 Å². The third-order valence-electron chi connectivity index (χ3n) is 16.5. The van der Waals surface area contributed by atoms with E-state index in [1.807, 2.05) is 95.5 Å². The highest BCUT2D eigenvalue weighted by atomic mass is 35.8. The number of hydrogen-bond donors (Lipinski definition) is 0. The number of benzene rings is 4. The smallest absolute Gasteiger partial charge is 0.520 e. The van der Waals surface area contributed by atoms with Gasteiger partial charge in [-0.15, -0.1) is 33.2 Å². The Morgan fingerprint density at radius 1 is 0.391 bits per heavy atom. The number of hydrogen-bond acceptors (Lipinski definition) is 28. The molecule has 8 rings (SSSR count). The lowest BCUT2D eigenvalue weighted by molar-refractivity contribution is -0.147. The predicted molar refractivity (Wildman–Crippen MR) is 427 cm³/mol. The van der Waals surface area contributed by atoms with Crippen LogP contribution in [0.5, 0.6) is 23.0 Å². The van der Waals surface area contributed by atoms with Crippen molar-refractivity contribution in [3.8, 4) is 23.0 Å². The molecule has 4 aromatic carbocycles. The zero-order valence-electron chi connectivity index (χ0n) is 64.6. The molecule has 0 saturated heterocycles. The van der Waals surface area contributed by atoms with E-state index in [-0.39, 0.29) is 18.4 Å². The number of ether oxygens (including phenoxy) is 4. The molecule has 0 amide bonds. The van der Waals surface area contributed by atoms with E-state index in [4.69, 9.17) is 127 Å². The standard InChI is InChI=1S/C20H26O10Si2.C20H32O7Si2.C17H26O7Si2.C14H17Cl3O4Si2/c1-6-20(24)25-10-7-11-31(5)26-13-17-12-18(8-9-19(17)30-31)32(27-14(2)21,28-15(3)22)29-16(4)23;1-6-20(21)22-13-10-14-28(5)26-16-17-15-18(11-12-19(17)27-28)29(23-7-2,24-8-3)25-9-4;1-6-17(18)22-10-7-11-25(5)23-13-14-12-15(8-9-16(14)24-25)26(19-2,20-3)21-4;1-3-14(18)19-7-4-8-22(2)20-10-11-9-12(23(15,16)17)5-6-13(11)21-22/h6,8-9,12H,1,7,10-11,13H2,2-5H3;6,11-12,15H,1,7-10,13-14,16H2,2-5H3;6,8-9,12H,1,7,10-11,13H2,2-5H3;3,5-6,9H,1,4,7-8,10H2,2H3. The molecule has 0 aliphatic carbocycles. The number of fused-ring (bicyclic) bond motifs is 4. The minimum absolute atomic E-state index is 0.197. The number of halogens is 3. The van der Waals surface area contributed by atoms with E-state index in [2.05, 4.69) is 26.3 Å². The summed E-state index contributed by atoms with van der Waals surface area (Å²) in [4.78, 5) is 79.5. The van der Waals surface area contributed by atoms with Gasteiger partial charge in [-0.05, 0) is 126 Å². The van der Waals surface area contributed by atoms with Crippen LogP contribution in [0.4, 0.5) is 0 Å². The van der Waals surface area contributed by atoms with Crippen molar-refractivity contribution < 1.29 is 128 Å². The first-order valence-electron chi connectivity index (χ1n) is 35.3. The van der Waals surface area contributed by atoms with E-state index in [9.17, 15) is 33.6 Å². The third kappa shape index (κ3) is 28.6. The van der Waals surface area contributed by atoms with Crippen molar-refractivity contribution >= 4 is 162 Å². The Morgan fingerprint density at radius 3 is 0.855 bits per heavy atom. The topological polar surface area (TPSA) is 313 Å². The molecule has 110 heavy (non-hydrogen) atoms. The number of carbonyl (C=O) groups excluding carboxylic acids is 7. The zero-order valence-corrected chi connectivity index (χ0v) is 74.8. The third-order valence-corrected chi connectivity index (χ3v) is 38.4. The Hall–Kier alpha value is -6.46. The van der Waals surface area contributed by atoms with Crippen molar-refractivity contribution in [1.29, 1.82) is 0 Å².